The molecule has 2 atom stereocenters. The van der Waals surface area contributed by atoms with Gasteiger partial charge in [-0.05, 0) is 55.4 Å². The average molecular weight is 244 g/mol. The molecule has 1 aromatic carbocycles. The van der Waals surface area contributed by atoms with E-state index in [1.54, 1.807) is 0 Å². The SMILES string of the molecule is NC1CCCC1C(=O)Nc1ccc2c(c1)CCC2. The summed E-state index contributed by atoms with van der Waals surface area (Å²) in [6, 6.07) is 6.33. The number of benzene rings is 1. The van der Waals surface area contributed by atoms with Gasteiger partial charge < -0.3 is 11.1 Å². The van der Waals surface area contributed by atoms with E-state index >= 15 is 0 Å². The van der Waals surface area contributed by atoms with Crippen LogP contribution in [-0.2, 0) is 17.6 Å². The molecule has 2 aliphatic rings. The molecule has 3 heteroatoms. The van der Waals surface area contributed by atoms with E-state index in [1.165, 1.54) is 24.0 Å². The molecule has 1 fully saturated rings. The van der Waals surface area contributed by atoms with E-state index in [0.717, 1.165) is 31.4 Å². The highest BCUT2D eigenvalue weighted by atomic mass is 16.1. The van der Waals surface area contributed by atoms with Crippen molar-refractivity contribution in [1.82, 2.24) is 0 Å². The number of hydrogen-bond donors (Lipinski definition) is 2. The molecule has 1 aromatic rings. The largest absolute Gasteiger partial charge is 0.327 e. The summed E-state index contributed by atoms with van der Waals surface area (Å²) in [7, 11) is 0. The molecule has 0 bridgehead atoms. The standard InChI is InChI=1S/C15H20N2O/c16-14-6-2-5-13(14)15(18)17-12-8-7-10-3-1-4-11(10)9-12/h7-9,13-14H,1-6,16H2,(H,17,18). The third kappa shape index (κ3) is 2.15. The Labute approximate surface area is 108 Å². The number of hydrogen-bond acceptors (Lipinski definition) is 2. The lowest BCUT2D eigenvalue weighted by Crippen LogP contribution is -2.34. The van der Waals surface area contributed by atoms with Gasteiger partial charge in [0, 0.05) is 11.7 Å². The van der Waals surface area contributed by atoms with Crippen LogP contribution < -0.4 is 11.1 Å². The van der Waals surface area contributed by atoms with Crippen molar-refractivity contribution in [3.05, 3.63) is 29.3 Å². The normalized spacial score (nSPS) is 26.1. The molecule has 0 spiro atoms. The highest BCUT2D eigenvalue weighted by molar-refractivity contribution is 5.93. The van der Waals surface area contributed by atoms with Crippen molar-refractivity contribution in [2.75, 3.05) is 5.32 Å². The number of nitrogens with one attached hydrogen (secondary N) is 1. The zero-order valence-corrected chi connectivity index (χ0v) is 10.6. The second kappa shape index (κ2) is 4.73. The van der Waals surface area contributed by atoms with Gasteiger partial charge in [0.1, 0.15) is 0 Å². The summed E-state index contributed by atoms with van der Waals surface area (Å²) in [6.07, 6.45) is 6.53. The monoisotopic (exact) mass is 244 g/mol. The van der Waals surface area contributed by atoms with Gasteiger partial charge in [-0.2, -0.15) is 0 Å². The number of nitrogens with two attached hydrogens (primary N) is 1. The first kappa shape index (κ1) is 11.7. The van der Waals surface area contributed by atoms with Gasteiger partial charge in [0.05, 0.1) is 5.92 Å². The summed E-state index contributed by atoms with van der Waals surface area (Å²) in [5.41, 5.74) is 9.72. The van der Waals surface area contributed by atoms with Crippen LogP contribution in [0.5, 0.6) is 0 Å². The zero-order chi connectivity index (χ0) is 12.5. The van der Waals surface area contributed by atoms with Gasteiger partial charge in [-0.15, -0.1) is 0 Å². The maximum atomic E-state index is 12.1. The molecule has 1 saturated carbocycles. The Bertz CT molecular complexity index is 470. The first-order valence-electron chi connectivity index (χ1n) is 6.92. The van der Waals surface area contributed by atoms with Gasteiger partial charge in [-0.1, -0.05) is 12.5 Å². The van der Waals surface area contributed by atoms with Crippen LogP contribution in [0, 0.1) is 5.92 Å². The van der Waals surface area contributed by atoms with Crippen molar-refractivity contribution in [2.24, 2.45) is 11.7 Å². The molecule has 0 aromatic heterocycles. The van der Waals surface area contributed by atoms with Crippen molar-refractivity contribution >= 4 is 11.6 Å². The van der Waals surface area contributed by atoms with Crippen LogP contribution >= 0.6 is 0 Å². The Morgan fingerprint density at radius 3 is 2.78 bits per heavy atom. The lowest BCUT2D eigenvalue weighted by atomic mass is 10.0. The zero-order valence-electron chi connectivity index (χ0n) is 10.6. The Morgan fingerprint density at radius 2 is 2.00 bits per heavy atom. The lowest BCUT2D eigenvalue weighted by molar-refractivity contribution is -0.120. The van der Waals surface area contributed by atoms with E-state index < -0.39 is 0 Å². The van der Waals surface area contributed by atoms with E-state index in [-0.39, 0.29) is 17.9 Å². The van der Waals surface area contributed by atoms with Gasteiger partial charge >= 0.3 is 0 Å². The minimum atomic E-state index is -0.00162. The fourth-order valence-corrected chi connectivity index (χ4v) is 3.20. The highest BCUT2D eigenvalue weighted by Gasteiger charge is 2.30. The quantitative estimate of drug-likeness (QED) is 0.838. The number of amides is 1. The van der Waals surface area contributed by atoms with Crippen LogP contribution in [0.25, 0.3) is 0 Å². The summed E-state index contributed by atoms with van der Waals surface area (Å²) in [5, 5.41) is 3.03. The molecule has 3 N–H and O–H groups in total. The van der Waals surface area contributed by atoms with Gasteiger partial charge in [-0.25, -0.2) is 0 Å². The first-order valence-corrected chi connectivity index (χ1v) is 6.92. The Hall–Kier alpha value is -1.35. The van der Waals surface area contributed by atoms with Crippen molar-refractivity contribution in [3.63, 3.8) is 0 Å². The topological polar surface area (TPSA) is 55.1 Å². The summed E-state index contributed by atoms with van der Waals surface area (Å²) in [5.74, 6) is 0.0937. The molecule has 3 rings (SSSR count). The summed E-state index contributed by atoms with van der Waals surface area (Å²) < 4.78 is 0. The number of carbonyl (C=O) groups excluding carboxylic acids is 1. The smallest absolute Gasteiger partial charge is 0.229 e. The predicted molar refractivity (Wildman–Crippen MR) is 72.4 cm³/mol. The van der Waals surface area contributed by atoms with Crippen molar-refractivity contribution < 1.29 is 4.79 Å². The Balaban J connectivity index is 1.71. The molecule has 18 heavy (non-hydrogen) atoms. The maximum Gasteiger partial charge on any atom is 0.229 e. The fraction of sp³-hybridized carbons (Fsp3) is 0.533. The van der Waals surface area contributed by atoms with E-state index in [0.29, 0.717) is 0 Å². The summed E-state index contributed by atoms with van der Waals surface area (Å²) in [6.45, 7) is 0. The van der Waals surface area contributed by atoms with Crippen LogP contribution in [0.2, 0.25) is 0 Å². The number of fused-ring (bicyclic) bond motifs is 1. The number of carbonyl (C=O) groups is 1. The molecule has 3 nitrogen and oxygen atoms in total. The average Bonchev–Trinajstić information content (AvgIpc) is 2.96. The Kier molecular flexibility index (Phi) is 3.08. The second-order valence-corrected chi connectivity index (χ2v) is 5.53. The van der Waals surface area contributed by atoms with E-state index in [2.05, 4.69) is 17.4 Å². The van der Waals surface area contributed by atoms with Gasteiger partial charge in [0.15, 0.2) is 0 Å². The van der Waals surface area contributed by atoms with Crippen LogP contribution in [0.3, 0.4) is 0 Å². The number of anilines is 1. The molecule has 1 amide bonds. The van der Waals surface area contributed by atoms with Crippen molar-refractivity contribution in [2.45, 2.75) is 44.6 Å². The van der Waals surface area contributed by atoms with E-state index in [9.17, 15) is 4.79 Å². The molecule has 0 heterocycles. The Morgan fingerprint density at radius 1 is 1.17 bits per heavy atom. The van der Waals surface area contributed by atoms with E-state index in [1.807, 2.05) is 6.07 Å². The van der Waals surface area contributed by atoms with Crippen LogP contribution in [0.4, 0.5) is 5.69 Å². The first-order chi connectivity index (χ1) is 8.74. The highest BCUT2D eigenvalue weighted by Crippen LogP contribution is 2.27. The molecule has 0 aliphatic heterocycles. The fourth-order valence-electron chi connectivity index (χ4n) is 3.20. The summed E-state index contributed by atoms with van der Waals surface area (Å²) >= 11 is 0. The molecule has 0 radical (unpaired) electrons. The molecule has 2 unspecified atom stereocenters. The molecular formula is C15H20N2O. The minimum Gasteiger partial charge on any atom is -0.327 e. The van der Waals surface area contributed by atoms with Crippen molar-refractivity contribution in [3.8, 4) is 0 Å². The van der Waals surface area contributed by atoms with Gasteiger partial charge in [-0.3, -0.25) is 4.79 Å². The predicted octanol–water partition coefficient (Wildman–Crippen LogP) is 2.24. The van der Waals surface area contributed by atoms with E-state index in [4.69, 9.17) is 5.73 Å². The van der Waals surface area contributed by atoms with Gasteiger partial charge in [0.2, 0.25) is 5.91 Å². The van der Waals surface area contributed by atoms with Crippen LogP contribution in [0.1, 0.15) is 36.8 Å². The third-order valence-corrected chi connectivity index (χ3v) is 4.27. The molecule has 96 valence electrons. The maximum absolute atomic E-state index is 12.1. The minimum absolute atomic E-state index is 0.00162. The third-order valence-electron chi connectivity index (χ3n) is 4.27. The molecular weight excluding hydrogens is 224 g/mol. The number of rotatable bonds is 2. The van der Waals surface area contributed by atoms with Gasteiger partial charge in [0.25, 0.3) is 0 Å². The summed E-state index contributed by atoms with van der Waals surface area (Å²) in [4.78, 5) is 12.1. The van der Waals surface area contributed by atoms with Crippen LogP contribution in [0.15, 0.2) is 18.2 Å². The molecule has 2 aliphatic carbocycles. The van der Waals surface area contributed by atoms with Crippen molar-refractivity contribution in [1.29, 1.82) is 0 Å². The second-order valence-electron chi connectivity index (χ2n) is 5.53. The number of aryl methyl sites for hydroxylation is 2. The molecule has 0 saturated heterocycles. The lowest BCUT2D eigenvalue weighted by Gasteiger charge is -2.15. The van der Waals surface area contributed by atoms with Crippen LogP contribution in [-0.4, -0.2) is 11.9 Å².